The highest BCUT2D eigenvalue weighted by molar-refractivity contribution is 6.10. The molecule has 128 valence electrons. The van der Waals surface area contributed by atoms with Crippen molar-refractivity contribution >= 4 is 29.4 Å². The zero-order chi connectivity index (χ0) is 17.5. The number of amides is 3. The Labute approximate surface area is 138 Å². The first-order valence-corrected chi connectivity index (χ1v) is 7.55. The highest BCUT2D eigenvalue weighted by Gasteiger charge is 2.29. The van der Waals surface area contributed by atoms with Gasteiger partial charge in [0.2, 0.25) is 11.8 Å². The molecule has 0 aliphatic carbocycles. The topological polar surface area (TPSA) is 114 Å². The van der Waals surface area contributed by atoms with E-state index in [1.807, 2.05) is 0 Å². The van der Waals surface area contributed by atoms with Crippen LogP contribution in [0.1, 0.15) is 29.6 Å². The molecule has 0 bridgehead atoms. The molecule has 1 atom stereocenters. The summed E-state index contributed by atoms with van der Waals surface area (Å²) in [5, 5.41) is 7.79. The predicted octanol–water partition coefficient (Wildman–Crippen LogP) is 0.197. The SMILES string of the molecule is COC(=O)CCCNC(=O)CC1NC(=O)c2ccccc2NC1=O. The van der Waals surface area contributed by atoms with Crippen molar-refractivity contribution in [3.63, 3.8) is 0 Å². The molecule has 24 heavy (non-hydrogen) atoms. The highest BCUT2D eigenvalue weighted by atomic mass is 16.5. The van der Waals surface area contributed by atoms with Crippen LogP contribution in [0.2, 0.25) is 0 Å². The minimum absolute atomic E-state index is 0.177. The molecular weight excluding hydrogens is 314 g/mol. The van der Waals surface area contributed by atoms with Gasteiger partial charge in [0.1, 0.15) is 6.04 Å². The van der Waals surface area contributed by atoms with Crippen molar-refractivity contribution < 1.29 is 23.9 Å². The smallest absolute Gasteiger partial charge is 0.305 e. The lowest BCUT2D eigenvalue weighted by Gasteiger charge is -2.14. The van der Waals surface area contributed by atoms with E-state index in [1.165, 1.54) is 7.11 Å². The zero-order valence-corrected chi connectivity index (χ0v) is 13.3. The van der Waals surface area contributed by atoms with Crippen LogP contribution in [0.3, 0.4) is 0 Å². The Kier molecular flexibility index (Phi) is 5.89. The maximum atomic E-state index is 12.1. The van der Waals surface area contributed by atoms with E-state index < -0.39 is 17.9 Å². The number of para-hydroxylation sites is 1. The summed E-state index contributed by atoms with van der Waals surface area (Å²) in [6, 6.07) is 5.67. The van der Waals surface area contributed by atoms with Crippen molar-refractivity contribution in [2.75, 3.05) is 19.0 Å². The highest BCUT2D eigenvalue weighted by Crippen LogP contribution is 2.18. The van der Waals surface area contributed by atoms with E-state index in [1.54, 1.807) is 24.3 Å². The summed E-state index contributed by atoms with van der Waals surface area (Å²) in [5.41, 5.74) is 0.771. The van der Waals surface area contributed by atoms with Crippen molar-refractivity contribution in [2.45, 2.75) is 25.3 Å². The molecule has 8 nitrogen and oxygen atoms in total. The third-order valence-electron chi connectivity index (χ3n) is 3.55. The van der Waals surface area contributed by atoms with Crippen molar-refractivity contribution in [2.24, 2.45) is 0 Å². The fraction of sp³-hybridized carbons (Fsp3) is 0.375. The van der Waals surface area contributed by atoms with Gasteiger partial charge in [0.25, 0.3) is 5.91 Å². The van der Waals surface area contributed by atoms with Gasteiger partial charge in [-0.1, -0.05) is 12.1 Å². The maximum Gasteiger partial charge on any atom is 0.305 e. The summed E-state index contributed by atoms with van der Waals surface area (Å²) in [6.45, 7) is 0.288. The summed E-state index contributed by atoms with van der Waals surface area (Å²) in [7, 11) is 1.30. The van der Waals surface area contributed by atoms with Crippen LogP contribution in [0, 0.1) is 0 Å². The van der Waals surface area contributed by atoms with E-state index in [9.17, 15) is 19.2 Å². The van der Waals surface area contributed by atoms with Crippen LogP contribution >= 0.6 is 0 Å². The number of hydrogen-bond acceptors (Lipinski definition) is 5. The van der Waals surface area contributed by atoms with Gasteiger partial charge in [-0.25, -0.2) is 0 Å². The van der Waals surface area contributed by atoms with E-state index in [0.29, 0.717) is 17.7 Å². The minimum Gasteiger partial charge on any atom is -0.469 e. The van der Waals surface area contributed by atoms with Crippen LogP contribution in [-0.4, -0.2) is 43.4 Å². The first-order valence-electron chi connectivity index (χ1n) is 7.55. The summed E-state index contributed by atoms with van der Waals surface area (Å²) >= 11 is 0. The summed E-state index contributed by atoms with van der Waals surface area (Å²) < 4.78 is 4.50. The first kappa shape index (κ1) is 17.5. The summed E-state index contributed by atoms with van der Waals surface area (Å²) in [4.78, 5) is 47.1. The second-order valence-corrected chi connectivity index (χ2v) is 5.29. The second kappa shape index (κ2) is 8.09. The van der Waals surface area contributed by atoms with Crippen molar-refractivity contribution in [1.82, 2.24) is 10.6 Å². The Bertz CT molecular complexity index is 659. The van der Waals surface area contributed by atoms with Crippen molar-refractivity contribution in [3.05, 3.63) is 29.8 Å². The third kappa shape index (κ3) is 4.55. The number of rotatable bonds is 6. The number of nitrogens with one attached hydrogen (secondary N) is 3. The molecule has 0 fully saturated rings. The van der Waals surface area contributed by atoms with Gasteiger partial charge in [0.05, 0.1) is 24.8 Å². The molecule has 1 unspecified atom stereocenters. The lowest BCUT2D eigenvalue weighted by atomic mass is 10.1. The lowest BCUT2D eigenvalue weighted by molar-refractivity contribution is -0.140. The van der Waals surface area contributed by atoms with E-state index in [0.717, 1.165) is 0 Å². The Morgan fingerprint density at radius 1 is 1.25 bits per heavy atom. The molecule has 0 saturated carbocycles. The quantitative estimate of drug-likeness (QED) is 0.508. The van der Waals surface area contributed by atoms with E-state index in [-0.39, 0.29) is 31.3 Å². The van der Waals surface area contributed by atoms with Gasteiger partial charge >= 0.3 is 5.97 Å². The Hall–Kier alpha value is -2.90. The number of fused-ring (bicyclic) bond motifs is 1. The molecule has 8 heteroatoms. The average molecular weight is 333 g/mol. The second-order valence-electron chi connectivity index (χ2n) is 5.29. The van der Waals surface area contributed by atoms with Crippen LogP contribution in [0.5, 0.6) is 0 Å². The van der Waals surface area contributed by atoms with Crippen LogP contribution < -0.4 is 16.0 Å². The van der Waals surface area contributed by atoms with Crippen molar-refractivity contribution in [3.8, 4) is 0 Å². The van der Waals surface area contributed by atoms with Crippen LogP contribution in [0.15, 0.2) is 24.3 Å². The molecule has 1 aliphatic heterocycles. The number of methoxy groups -OCH3 is 1. The van der Waals surface area contributed by atoms with E-state index in [2.05, 4.69) is 20.7 Å². The predicted molar refractivity (Wildman–Crippen MR) is 85.2 cm³/mol. The standard InChI is InChI=1S/C16H19N3O5/c1-24-14(21)7-4-8-17-13(20)9-12-16(23)18-11-6-3-2-5-10(11)15(22)19-12/h2-3,5-6,12H,4,7-9H2,1H3,(H,17,20)(H,18,23)(H,19,22). The van der Waals surface area contributed by atoms with Gasteiger partial charge in [-0.2, -0.15) is 0 Å². The molecule has 2 rings (SSSR count). The number of carbonyl (C=O) groups excluding carboxylic acids is 4. The number of benzene rings is 1. The Morgan fingerprint density at radius 2 is 2.00 bits per heavy atom. The van der Waals surface area contributed by atoms with Crippen LogP contribution in [0.25, 0.3) is 0 Å². The number of ether oxygens (including phenoxy) is 1. The van der Waals surface area contributed by atoms with Gasteiger partial charge in [0, 0.05) is 13.0 Å². The number of anilines is 1. The van der Waals surface area contributed by atoms with Gasteiger partial charge in [0.15, 0.2) is 0 Å². The molecule has 1 aliphatic rings. The third-order valence-corrected chi connectivity index (χ3v) is 3.55. The Balaban J connectivity index is 1.87. The normalized spacial score (nSPS) is 16.3. The number of hydrogen-bond donors (Lipinski definition) is 3. The number of esters is 1. The zero-order valence-electron chi connectivity index (χ0n) is 13.3. The maximum absolute atomic E-state index is 12.1. The first-order chi connectivity index (χ1) is 11.5. The molecule has 0 saturated heterocycles. The molecule has 3 amide bonds. The minimum atomic E-state index is -0.953. The molecule has 1 aromatic carbocycles. The van der Waals surface area contributed by atoms with Gasteiger partial charge in [-0.05, 0) is 18.6 Å². The summed E-state index contributed by atoms with van der Waals surface area (Å²) in [6.07, 6.45) is 0.462. The Morgan fingerprint density at radius 3 is 2.75 bits per heavy atom. The fourth-order valence-corrected chi connectivity index (χ4v) is 2.28. The van der Waals surface area contributed by atoms with Crippen LogP contribution in [0.4, 0.5) is 5.69 Å². The van der Waals surface area contributed by atoms with Gasteiger partial charge in [-0.15, -0.1) is 0 Å². The average Bonchev–Trinajstić information content (AvgIpc) is 2.68. The van der Waals surface area contributed by atoms with Gasteiger partial charge < -0.3 is 20.7 Å². The van der Waals surface area contributed by atoms with E-state index in [4.69, 9.17) is 0 Å². The monoisotopic (exact) mass is 333 g/mol. The number of carbonyl (C=O) groups is 4. The van der Waals surface area contributed by atoms with E-state index >= 15 is 0 Å². The van der Waals surface area contributed by atoms with Gasteiger partial charge in [-0.3, -0.25) is 19.2 Å². The molecular formula is C16H19N3O5. The largest absolute Gasteiger partial charge is 0.469 e. The molecule has 1 heterocycles. The molecule has 0 spiro atoms. The molecule has 3 N–H and O–H groups in total. The molecule has 1 aromatic rings. The molecule has 0 aromatic heterocycles. The fourth-order valence-electron chi connectivity index (χ4n) is 2.28. The lowest BCUT2D eigenvalue weighted by Crippen LogP contribution is -2.44. The summed E-state index contributed by atoms with van der Waals surface area (Å²) in [5.74, 6) is -1.59. The van der Waals surface area contributed by atoms with Crippen molar-refractivity contribution in [1.29, 1.82) is 0 Å². The molecule has 0 radical (unpaired) electrons. The van der Waals surface area contributed by atoms with Crippen LogP contribution in [-0.2, 0) is 19.1 Å².